The summed E-state index contributed by atoms with van der Waals surface area (Å²) in [6, 6.07) is 16.9. The Bertz CT molecular complexity index is 1500. The van der Waals surface area contributed by atoms with Crippen molar-refractivity contribution in [3.8, 4) is 17.2 Å². The predicted octanol–water partition coefficient (Wildman–Crippen LogP) is 8.14. The first kappa shape index (κ1) is 23.1. The number of nitrogens with zero attached hydrogens (tertiary/aromatic N) is 1. The fourth-order valence-corrected chi connectivity index (χ4v) is 4.94. The van der Waals surface area contributed by atoms with Crippen LogP contribution >= 0.6 is 0 Å². The molecular formula is C31H33NO3. The normalized spacial score (nSPS) is 16.8. The van der Waals surface area contributed by atoms with E-state index in [0.29, 0.717) is 0 Å². The molecule has 35 heavy (non-hydrogen) atoms. The van der Waals surface area contributed by atoms with Crippen LogP contribution in [0.5, 0.6) is 17.2 Å². The topological polar surface area (TPSA) is 32.6 Å². The number of fused-ring (bicyclic) bond motifs is 4. The van der Waals surface area contributed by atoms with Crippen LogP contribution in [0.4, 0.5) is 0 Å². The van der Waals surface area contributed by atoms with E-state index in [-0.39, 0.29) is 11.6 Å². The number of allylic oxidation sites excluding steroid dienone is 2. The van der Waals surface area contributed by atoms with E-state index in [1.54, 1.807) is 14.2 Å². The van der Waals surface area contributed by atoms with Crippen molar-refractivity contribution in [3.05, 3.63) is 76.9 Å². The lowest BCUT2D eigenvalue weighted by atomic mass is 9.86. The Hall–Kier alpha value is -3.66. The monoisotopic (exact) mass is 467 g/mol. The van der Waals surface area contributed by atoms with E-state index in [1.807, 2.05) is 18.2 Å². The number of ether oxygens (including phenoxy) is 3. The van der Waals surface area contributed by atoms with Crippen LogP contribution in [-0.2, 0) is 5.41 Å². The molecule has 1 aromatic heterocycles. The Labute approximate surface area is 207 Å². The molecule has 0 saturated heterocycles. The minimum absolute atomic E-state index is 0.0354. The third kappa shape index (κ3) is 3.97. The van der Waals surface area contributed by atoms with E-state index in [2.05, 4.69) is 87.7 Å². The lowest BCUT2D eigenvalue weighted by Gasteiger charge is -2.22. The zero-order valence-corrected chi connectivity index (χ0v) is 21.6. The molecule has 1 atom stereocenters. The van der Waals surface area contributed by atoms with Gasteiger partial charge in [0.25, 0.3) is 0 Å². The van der Waals surface area contributed by atoms with Crippen LogP contribution in [0.25, 0.3) is 34.0 Å². The Morgan fingerprint density at radius 1 is 0.886 bits per heavy atom. The maximum atomic E-state index is 6.67. The molecule has 4 nitrogen and oxygen atoms in total. The summed E-state index contributed by atoms with van der Waals surface area (Å²) in [5.74, 6) is 2.42. The van der Waals surface area contributed by atoms with Gasteiger partial charge < -0.3 is 18.8 Å². The quantitative estimate of drug-likeness (QED) is 0.298. The van der Waals surface area contributed by atoms with E-state index in [4.69, 9.17) is 14.2 Å². The van der Waals surface area contributed by atoms with Crippen molar-refractivity contribution < 1.29 is 14.2 Å². The van der Waals surface area contributed by atoms with Crippen molar-refractivity contribution in [3.63, 3.8) is 0 Å². The molecule has 0 fully saturated rings. The van der Waals surface area contributed by atoms with Crippen molar-refractivity contribution in [2.24, 2.45) is 0 Å². The molecule has 3 aromatic carbocycles. The molecule has 5 rings (SSSR count). The average Bonchev–Trinajstić information content (AvgIpc) is 3.17. The zero-order chi connectivity index (χ0) is 24.9. The van der Waals surface area contributed by atoms with Gasteiger partial charge in [0, 0.05) is 17.0 Å². The largest absolute Gasteiger partial charge is 0.497 e. The fraction of sp³-hybridized carbons (Fsp3) is 0.290. The number of rotatable bonds is 2. The zero-order valence-electron chi connectivity index (χ0n) is 21.6. The maximum absolute atomic E-state index is 6.67. The Morgan fingerprint density at radius 2 is 1.66 bits per heavy atom. The molecule has 4 heteroatoms. The molecule has 1 aliphatic rings. The van der Waals surface area contributed by atoms with Crippen LogP contribution in [0, 0.1) is 0 Å². The number of aromatic nitrogens is 1. The molecule has 0 radical (unpaired) electrons. The molecule has 0 aliphatic carbocycles. The molecule has 0 amide bonds. The third-order valence-electron chi connectivity index (χ3n) is 6.81. The molecule has 0 spiro atoms. The summed E-state index contributed by atoms with van der Waals surface area (Å²) in [4.78, 5) is 0. The predicted molar refractivity (Wildman–Crippen MR) is 146 cm³/mol. The Kier molecular flexibility index (Phi) is 5.63. The molecular weight excluding hydrogens is 434 g/mol. The first-order valence-electron chi connectivity index (χ1n) is 12.1. The molecule has 180 valence electrons. The van der Waals surface area contributed by atoms with Gasteiger partial charge in [-0.3, -0.25) is 0 Å². The lowest BCUT2D eigenvalue weighted by Crippen LogP contribution is -2.14. The summed E-state index contributed by atoms with van der Waals surface area (Å²) in [6.45, 7) is 10.9. The number of hydrogen-bond acceptors (Lipinski definition) is 3. The summed E-state index contributed by atoms with van der Waals surface area (Å²) in [6.07, 6.45) is 6.22. The summed E-state index contributed by atoms with van der Waals surface area (Å²) in [5, 5.41) is 2.28. The van der Waals surface area contributed by atoms with Crippen molar-refractivity contribution in [2.45, 2.75) is 46.3 Å². The number of hydrogen-bond donors (Lipinski definition) is 0. The number of methoxy groups -OCH3 is 2. The Morgan fingerprint density at radius 3 is 2.37 bits per heavy atom. The fourth-order valence-electron chi connectivity index (χ4n) is 4.94. The molecule has 1 unspecified atom stereocenters. The average molecular weight is 468 g/mol. The third-order valence-corrected chi connectivity index (χ3v) is 6.81. The van der Waals surface area contributed by atoms with Gasteiger partial charge in [-0.05, 0) is 72.9 Å². The SMILES string of the molecule is COc1ccc2c(c1)OC(C)n1c3ccc(C(C)(C)C)cc3c3c(OC)ccc(c31)/C=C/C(C)=C2. The van der Waals surface area contributed by atoms with Crippen LogP contribution in [0.3, 0.4) is 0 Å². The van der Waals surface area contributed by atoms with Gasteiger partial charge >= 0.3 is 0 Å². The highest BCUT2D eigenvalue weighted by molar-refractivity contribution is 6.14. The number of benzene rings is 3. The molecule has 2 heterocycles. The molecule has 4 aromatic rings. The highest BCUT2D eigenvalue weighted by atomic mass is 16.5. The van der Waals surface area contributed by atoms with E-state index in [9.17, 15) is 0 Å². The molecule has 0 N–H and O–H groups in total. The smallest absolute Gasteiger partial charge is 0.173 e. The highest BCUT2D eigenvalue weighted by Gasteiger charge is 2.24. The van der Waals surface area contributed by atoms with Crippen molar-refractivity contribution >= 4 is 34.0 Å². The second-order valence-corrected chi connectivity index (χ2v) is 10.3. The summed E-state index contributed by atoms with van der Waals surface area (Å²) >= 11 is 0. The van der Waals surface area contributed by atoms with E-state index in [0.717, 1.165) is 50.4 Å². The van der Waals surface area contributed by atoms with Gasteiger partial charge in [-0.1, -0.05) is 44.6 Å². The van der Waals surface area contributed by atoms with Gasteiger partial charge in [-0.15, -0.1) is 0 Å². The lowest BCUT2D eigenvalue weighted by molar-refractivity contribution is 0.161. The van der Waals surface area contributed by atoms with Gasteiger partial charge in [0.1, 0.15) is 17.2 Å². The second kappa shape index (κ2) is 8.53. The maximum Gasteiger partial charge on any atom is 0.173 e. The molecule has 0 saturated carbocycles. The van der Waals surface area contributed by atoms with E-state index < -0.39 is 0 Å². The van der Waals surface area contributed by atoms with Crippen LogP contribution in [0.1, 0.15) is 57.5 Å². The van der Waals surface area contributed by atoms with Crippen molar-refractivity contribution in [2.75, 3.05) is 14.2 Å². The molecule has 0 bridgehead atoms. The first-order chi connectivity index (χ1) is 16.7. The summed E-state index contributed by atoms with van der Waals surface area (Å²) in [5.41, 5.74) is 6.83. The summed E-state index contributed by atoms with van der Waals surface area (Å²) in [7, 11) is 3.42. The van der Waals surface area contributed by atoms with Gasteiger partial charge in [0.15, 0.2) is 6.23 Å². The van der Waals surface area contributed by atoms with E-state index >= 15 is 0 Å². The minimum atomic E-state index is -0.271. The van der Waals surface area contributed by atoms with Gasteiger partial charge in [0.2, 0.25) is 0 Å². The highest BCUT2D eigenvalue weighted by Crippen LogP contribution is 2.42. The van der Waals surface area contributed by atoms with Crippen LogP contribution in [0.2, 0.25) is 0 Å². The molecule has 1 aliphatic heterocycles. The van der Waals surface area contributed by atoms with Gasteiger partial charge in [-0.2, -0.15) is 0 Å². The van der Waals surface area contributed by atoms with Gasteiger partial charge in [0.05, 0.1) is 30.6 Å². The summed E-state index contributed by atoms with van der Waals surface area (Å²) < 4.78 is 20.4. The van der Waals surface area contributed by atoms with Gasteiger partial charge in [-0.25, -0.2) is 0 Å². The first-order valence-corrected chi connectivity index (χ1v) is 12.1. The van der Waals surface area contributed by atoms with Crippen molar-refractivity contribution in [1.82, 2.24) is 4.57 Å². The van der Waals surface area contributed by atoms with Crippen LogP contribution < -0.4 is 14.2 Å². The van der Waals surface area contributed by atoms with Crippen LogP contribution in [0.15, 0.2) is 60.2 Å². The second-order valence-electron chi connectivity index (χ2n) is 10.3. The van der Waals surface area contributed by atoms with E-state index in [1.165, 1.54) is 10.9 Å². The Balaban J connectivity index is 1.88. The standard InChI is InChI=1S/C31H33NO3/c1-19-8-9-21-11-15-27(34-7)29-25-17-23(31(3,4)5)12-14-26(25)32(30(21)29)20(2)35-28-18-24(33-6)13-10-22(28)16-19/h8-18,20H,1-7H3/b9-8+,19-16?. The van der Waals surface area contributed by atoms with Crippen LogP contribution in [-0.4, -0.2) is 18.8 Å². The minimum Gasteiger partial charge on any atom is -0.497 e. The van der Waals surface area contributed by atoms with Crippen molar-refractivity contribution in [1.29, 1.82) is 0 Å².